The van der Waals surface area contributed by atoms with Gasteiger partial charge in [0.25, 0.3) is 5.84 Å². The SMILES string of the molecule is CC(=N)c1ncn(-c2ccc(-c3ccccc3CN(C)C(C)C)cc2)c(=O)c1[NH2+]c1ccc(O)c(C(N)=[NH+]CC2CCCC2)c1. The molecule has 1 fully saturated rings. The van der Waals surface area contributed by atoms with E-state index < -0.39 is 0 Å². The summed E-state index contributed by atoms with van der Waals surface area (Å²) >= 11 is 0. The minimum atomic E-state index is -0.288. The zero-order valence-corrected chi connectivity index (χ0v) is 26.7. The maximum Gasteiger partial charge on any atom is 0.320 e. The van der Waals surface area contributed by atoms with Crippen molar-refractivity contribution >= 4 is 22.9 Å². The van der Waals surface area contributed by atoms with Crippen molar-refractivity contribution in [3.05, 3.63) is 100 Å². The molecule has 9 heteroatoms. The predicted molar refractivity (Wildman–Crippen MR) is 180 cm³/mol. The lowest BCUT2D eigenvalue weighted by molar-refractivity contribution is -0.480. The molecule has 9 nitrogen and oxygen atoms in total. The molecule has 0 bridgehead atoms. The van der Waals surface area contributed by atoms with Gasteiger partial charge in [-0.15, -0.1) is 0 Å². The quantitative estimate of drug-likeness (QED) is 0.0771. The third kappa shape index (κ3) is 7.38. The van der Waals surface area contributed by atoms with Crippen LogP contribution in [0.5, 0.6) is 5.75 Å². The van der Waals surface area contributed by atoms with Crippen LogP contribution in [0.3, 0.4) is 0 Å². The second kappa shape index (κ2) is 14.0. The minimum Gasteiger partial charge on any atom is -0.507 e. The van der Waals surface area contributed by atoms with E-state index in [-0.39, 0.29) is 17.0 Å². The summed E-state index contributed by atoms with van der Waals surface area (Å²) in [6, 6.07) is 21.8. The van der Waals surface area contributed by atoms with Crippen LogP contribution in [0, 0.1) is 11.3 Å². The fraction of sp³-hybridized carbons (Fsp3) is 0.333. The lowest BCUT2D eigenvalue weighted by Crippen LogP contribution is -2.77. The summed E-state index contributed by atoms with van der Waals surface area (Å²) < 4.78 is 1.51. The number of nitrogens with one attached hydrogen (secondary N) is 2. The van der Waals surface area contributed by atoms with Crippen LogP contribution in [0.1, 0.15) is 63.3 Å². The molecule has 3 aromatic carbocycles. The molecule has 7 N–H and O–H groups in total. The molecule has 45 heavy (non-hydrogen) atoms. The normalized spacial score (nSPS) is 14.0. The Bertz CT molecular complexity index is 1750. The number of phenolic OH excluding ortho intramolecular Hbond substituents is 1. The summed E-state index contributed by atoms with van der Waals surface area (Å²) in [6.07, 6.45) is 6.34. The standard InChI is InChI=1S/C36H43N7O2/c1-23(2)42(4)21-27-11-7-8-12-30(27)26-13-16-29(17-14-26)43-22-40-33(24(3)37)34(36(43)45)41-28-15-18-32(44)31(19-28)35(38)39-20-25-9-5-6-10-25/h7-8,11-19,22-23,25,37,41,44H,5-6,9-10,20-21H2,1-4H3,(H2,38,39)/p+2. The van der Waals surface area contributed by atoms with Crippen molar-refractivity contribution in [2.75, 3.05) is 13.6 Å². The first-order valence-corrected chi connectivity index (χ1v) is 15.7. The van der Waals surface area contributed by atoms with E-state index in [1.165, 1.54) is 42.1 Å². The molecule has 1 saturated carbocycles. The molecule has 4 aromatic rings. The molecule has 1 aromatic heterocycles. The van der Waals surface area contributed by atoms with Crippen LogP contribution in [0.2, 0.25) is 0 Å². The van der Waals surface area contributed by atoms with Gasteiger partial charge in [0.2, 0.25) is 5.69 Å². The Morgan fingerprint density at radius 2 is 1.84 bits per heavy atom. The topological polar surface area (TPSA) is 139 Å². The fourth-order valence-corrected chi connectivity index (χ4v) is 5.86. The number of aromatic nitrogens is 2. The van der Waals surface area contributed by atoms with E-state index in [0.29, 0.717) is 46.1 Å². The van der Waals surface area contributed by atoms with Gasteiger partial charge in [0.05, 0.1) is 17.9 Å². The maximum atomic E-state index is 13.9. The molecular formula is C36H45N7O2+2. The van der Waals surface area contributed by atoms with E-state index in [4.69, 9.17) is 11.1 Å². The van der Waals surface area contributed by atoms with Crippen LogP contribution in [0.4, 0.5) is 11.4 Å². The summed E-state index contributed by atoms with van der Waals surface area (Å²) in [4.78, 5) is 24.0. The van der Waals surface area contributed by atoms with Crippen LogP contribution in [0.25, 0.3) is 16.8 Å². The first-order chi connectivity index (χ1) is 21.6. The Kier molecular flexibility index (Phi) is 9.90. The number of aromatic hydroxyl groups is 1. The second-order valence-corrected chi connectivity index (χ2v) is 12.4. The monoisotopic (exact) mass is 607 g/mol. The van der Waals surface area contributed by atoms with Crippen molar-refractivity contribution in [1.82, 2.24) is 14.5 Å². The van der Waals surface area contributed by atoms with E-state index in [1.54, 1.807) is 30.4 Å². The van der Waals surface area contributed by atoms with Gasteiger partial charge in [-0.2, -0.15) is 0 Å². The third-order valence-electron chi connectivity index (χ3n) is 8.81. The zero-order chi connectivity index (χ0) is 32.1. The zero-order valence-electron chi connectivity index (χ0n) is 26.7. The highest BCUT2D eigenvalue weighted by atomic mass is 16.3. The number of hydrogen-bond donors (Lipinski definition) is 5. The van der Waals surface area contributed by atoms with Crippen molar-refractivity contribution in [3.63, 3.8) is 0 Å². The molecule has 0 unspecified atom stereocenters. The van der Waals surface area contributed by atoms with Gasteiger partial charge >= 0.3 is 5.56 Å². The summed E-state index contributed by atoms with van der Waals surface area (Å²) in [6.45, 7) is 7.59. The molecule has 0 atom stereocenters. The third-order valence-corrected chi connectivity index (χ3v) is 8.81. The molecule has 0 amide bonds. The van der Waals surface area contributed by atoms with E-state index in [0.717, 1.165) is 24.2 Å². The molecule has 234 valence electrons. The molecule has 1 aliphatic rings. The number of quaternary nitrogens is 1. The van der Waals surface area contributed by atoms with Gasteiger partial charge < -0.3 is 10.5 Å². The van der Waals surface area contributed by atoms with Crippen LogP contribution in [-0.4, -0.2) is 50.7 Å². The van der Waals surface area contributed by atoms with Gasteiger partial charge in [-0.05, 0) is 81.5 Å². The van der Waals surface area contributed by atoms with Gasteiger partial charge in [0.1, 0.15) is 23.3 Å². The lowest BCUT2D eigenvalue weighted by Gasteiger charge is -2.22. The van der Waals surface area contributed by atoms with Crippen LogP contribution in [0.15, 0.2) is 77.9 Å². The van der Waals surface area contributed by atoms with E-state index >= 15 is 0 Å². The summed E-state index contributed by atoms with van der Waals surface area (Å²) in [5, 5.41) is 20.6. The number of rotatable bonds is 11. The highest BCUT2D eigenvalue weighted by Crippen LogP contribution is 2.26. The average molecular weight is 608 g/mol. The number of amidine groups is 1. The highest BCUT2D eigenvalue weighted by Gasteiger charge is 2.22. The Labute approximate surface area is 265 Å². The van der Waals surface area contributed by atoms with Gasteiger partial charge in [-0.1, -0.05) is 49.2 Å². The van der Waals surface area contributed by atoms with E-state index in [1.807, 2.05) is 30.3 Å². The number of benzene rings is 3. The fourth-order valence-electron chi connectivity index (χ4n) is 5.86. The van der Waals surface area contributed by atoms with E-state index in [2.05, 4.69) is 54.0 Å². The summed E-state index contributed by atoms with van der Waals surface area (Å²) in [7, 11) is 2.12. The Hall–Kier alpha value is -4.60. The molecule has 1 heterocycles. The van der Waals surface area contributed by atoms with Gasteiger partial charge in [-0.25, -0.2) is 4.98 Å². The first-order valence-electron chi connectivity index (χ1n) is 15.7. The Morgan fingerprint density at radius 1 is 1.13 bits per heavy atom. The average Bonchev–Trinajstić information content (AvgIpc) is 3.56. The van der Waals surface area contributed by atoms with Crippen molar-refractivity contribution in [2.24, 2.45) is 11.7 Å². The summed E-state index contributed by atoms with van der Waals surface area (Å²) in [5.41, 5.74) is 12.2. The molecule has 5 rings (SSSR count). The Balaban J connectivity index is 1.44. The number of nitrogen functional groups attached to an aromatic ring is 1. The van der Waals surface area contributed by atoms with Gasteiger partial charge in [0, 0.05) is 24.7 Å². The molecule has 0 saturated heterocycles. The molecule has 0 spiro atoms. The maximum absolute atomic E-state index is 13.9. The number of nitrogens with zero attached hydrogens (tertiary/aromatic N) is 3. The number of hydrogen-bond acceptors (Lipinski definition) is 5. The van der Waals surface area contributed by atoms with Crippen molar-refractivity contribution in [2.45, 2.75) is 59.0 Å². The molecule has 1 aliphatic carbocycles. The van der Waals surface area contributed by atoms with Crippen molar-refractivity contribution in [1.29, 1.82) is 5.41 Å². The first kappa shape index (κ1) is 31.8. The van der Waals surface area contributed by atoms with Gasteiger partial charge in [0.15, 0.2) is 5.69 Å². The predicted octanol–water partition coefficient (Wildman–Crippen LogP) is 3.34. The van der Waals surface area contributed by atoms with Gasteiger partial charge in [-0.3, -0.25) is 30.3 Å². The molecule has 0 aliphatic heterocycles. The smallest absolute Gasteiger partial charge is 0.320 e. The largest absolute Gasteiger partial charge is 0.507 e. The number of phenols is 1. The second-order valence-electron chi connectivity index (χ2n) is 12.4. The molecular weight excluding hydrogens is 562 g/mol. The highest BCUT2D eigenvalue weighted by molar-refractivity contribution is 5.98. The van der Waals surface area contributed by atoms with E-state index in [9.17, 15) is 9.90 Å². The van der Waals surface area contributed by atoms with Crippen LogP contribution in [-0.2, 0) is 6.54 Å². The molecule has 0 radical (unpaired) electrons. The van der Waals surface area contributed by atoms with Crippen LogP contribution < -0.4 is 21.6 Å². The number of nitrogens with two attached hydrogens (primary N) is 2. The van der Waals surface area contributed by atoms with Crippen molar-refractivity contribution < 1.29 is 15.4 Å². The van der Waals surface area contributed by atoms with Crippen molar-refractivity contribution in [3.8, 4) is 22.6 Å². The minimum absolute atomic E-state index is 0.0631. The Morgan fingerprint density at radius 3 is 2.53 bits per heavy atom. The lowest BCUT2D eigenvalue weighted by atomic mass is 9.99. The summed E-state index contributed by atoms with van der Waals surface area (Å²) in [5.74, 6) is 1.05. The van der Waals surface area contributed by atoms with Crippen LogP contribution >= 0.6 is 0 Å².